The Morgan fingerprint density at radius 1 is 0.283 bits per heavy atom. The van der Waals surface area contributed by atoms with Crippen molar-refractivity contribution in [3.8, 4) is 55.6 Å². The maximum atomic E-state index is 9.72. The fourth-order valence-electron chi connectivity index (χ4n) is 6.64. The standard InChI is InChI=1S/C52H37N/c1-3-11-38(12-4-1)41-21-23-42(24-22-41)43-27-31-50(32-28-43)53(52-20-10-19-48(37-52)49-26-25-40-15-7-8-16-45(40)36-49)51-33-29-44(30-34-51)47-18-9-17-46(35-47)39-13-5-2-6-14-39/h1-37H/i10D,19D,20D,29D,30D,33D,34D,37D. The highest BCUT2D eigenvalue weighted by Gasteiger charge is 2.15. The first-order chi connectivity index (χ1) is 29.6. The van der Waals surface area contributed by atoms with Crippen molar-refractivity contribution < 1.29 is 11.0 Å². The van der Waals surface area contributed by atoms with Crippen LogP contribution in [-0.2, 0) is 0 Å². The van der Waals surface area contributed by atoms with Crippen LogP contribution >= 0.6 is 0 Å². The number of nitrogens with zero attached hydrogens (tertiary/aromatic N) is 1. The zero-order valence-electron chi connectivity index (χ0n) is 36.7. The van der Waals surface area contributed by atoms with E-state index in [9.17, 15) is 8.22 Å². The van der Waals surface area contributed by atoms with E-state index in [-0.39, 0.29) is 58.8 Å². The van der Waals surface area contributed by atoms with Crippen LogP contribution in [0.2, 0.25) is 0 Å². The average molecular weight is 684 g/mol. The van der Waals surface area contributed by atoms with Gasteiger partial charge in [-0.05, 0) is 115 Å². The summed E-state index contributed by atoms with van der Waals surface area (Å²) in [7, 11) is 0. The van der Waals surface area contributed by atoms with Gasteiger partial charge in [0.1, 0.15) is 0 Å². The largest absolute Gasteiger partial charge is 0.310 e. The van der Waals surface area contributed by atoms with Gasteiger partial charge < -0.3 is 4.90 Å². The lowest BCUT2D eigenvalue weighted by molar-refractivity contribution is 1.28. The molecule has 53 heavy (non-hydrogen) atoms. The minimum atomic E-state index is -0.448. The number of anilines is 3. The second kappa shape index (κ2) is 14.3. The van der Waals surface area contributed by atoms with Crippen LogP contribution < -0.4 is 4.90 Å². The molecule has 0 amide bonds. The second-order valence-electron chi connectivity index (χ2n) is 12.8. The smallest absolute Gasteiger partial charge is 0.0651 e. The third kappa shape index (κ3) is 6.77. The van der Waals surface area contributed by atoms with Gasteiger partial charge in [-0.1, -0.05) is 176 Å². The van der Waals surface area contributed by atoms with Crippen molar-refractivity contribution in [2.24, 2.45) is 0 Å². The van der Waals surface area contributed by atoms with Gasteiger partial charge >= 0.3 is 0 Å². The summed E-state index contributed by atoms with van der Waals surface area (Å²) in [6.45, 7) is 0. The number of benzene rings is 9. The molecule has 1 heteroatoms. The molecular weight excluding hydrogens is 639 g/mol. The molecule has 0 aliphatic heterocycles. The third-order valence-electron chi connectivity index (χ3n) is 9.42. The Morgan fingerprint density at radius 3 is 1.43 bits per heavy atom. The van der Waals surface area contributed by atoms with E-state index in [4.69, 9.17) is 2.74 Å². The highest BCUT2D eigenvalue weighted by molar-refractivity contribution is 5.89. The van der Waals surface area contributed by atoms with Crippen LogP contribution in [0.25, 0.3) is 66.4 Å². The Balaban J connectivity index is 1.24. The van der Waals surface area contributed by atoms with E-state index in [1.54, 1.807) is 24.3 Å². The molecule has 9 aromatic carbocycles. The SMILES string of the molecule is [2H]c1c([2H])c(-c2ccc3ccccc3c2)c([2H])c(N(c2ccc(-c3ccc(-c4ccccc4)cc3)cc2)c2c([2H])c([2H])c(-c3cccc(-c4ccccc4)c3)c([2H])c2[2H])c1[2H]. The molecule has 9 aromatic rings. The van der Waals surface area contributed by atoms with Crippen LogP contribution in [0.3, 0.4) is 0 Å². The van der Waals surface area contributed by atoms with Crippen molar-refractivity contribution in [1.82, 2.24) is 0 Å². The molecule has 250 valence electrons. The third-order valence-corrected chi connectivity index (χ3v) is 9.42. The van der Waals surface area contributed by atoms with Crippen LogP contribution in [0.15, 0.2) is 224 Å². The molecule has 0 aromatic heterocycles. The molecule has 0 saturated carbocycles. The molecule has 0 atom stereocenters. The highest BCUT2D eigenvalue weighted by atomic mass is 15.1. The maximum Gasteiger partial charge on any atom is 0.0651 e. The molecule has 0 N–H and O–H groups in total. The lowest BCUT2D eigenvalue weighted by Gasteiger charge is -2.26. The molecule has 0 spiro atoms. The van der Waals surface area contributed by atoms with Crippen molar-refractivity contribution in [2.75, 3.05) is 4.90 Å². The van der Waals surface area contributed by atoms with Gasteiger partial charge in [0.05, 0.1) is 11.0 Å². The van der Waals surface area contributed by atoms with Crippen molar-refractivity contribution in [3.05, 3.63) is 224 Å². The number of rotatable bonds is 8. The molecule has 0 radical (unpaired) electrons. The molecule has 0 fully saturated rings. The summed E-state index contributed by atoms with van der Waals surface area (Å²) in [6, 6.07) is 53.1. The second-order valence-corrected chi connectivity index (χ2v) is 12.8. The van der Waals surface area contributed by atoms with Crippen LogP contribution in [0.5, 0.6) is 0 Å². The first kappa shape index (κ1) is 24.3. The van der Waals surface area contributed by atoms with Crippen molar-refractivity contribution in [2.45, 2.75) is 0 Å². The molecular formula is C52H37N. The van der Waals surface area contributed by atoms with Crippen molar-refractivity contribution in [1.29, 1.82) is 0 Å². The molecule has 0 saturated heterocycles. The molecule has 9 rings (SSSR count). The average Bonchev–Trinajstić information content (AvgIpc) is 3.30. The summed E-state index contributed by atoms with van der Waals surface area (Å²) < 4.78 is 75.0. The zero-order chi connectivity index (χ0) is 42.4. The van der Waals surface area contributed by atoms with Crippen LogP contribution in [-0.4, -0.2) is 0 Å². The number of hydrogen-bond donors (Lipinski definition) is 0. The van der Waals surface area contributed by atoms with E-state index in [1.807, 2.05) is 127 Å². The number of fused-ring (bicyclic) bond motifs is 1. The van der Waals surface area contributed by atoms with Gasteiger partial charge in [-0.2, -0.15) is 0 Å². The van der Waals surface area contributed by atoms with Crippen LogP contribution in [0, 0.1) is 0 Å². The minimum Gasteiger partial charge on any atom is -0.310 e. The monoisotopic (exact) mass is 683 g/mol. The molecule has 1 nitrogen and oxygen atoms in total. The first-order valence-electron chi connectivity index (χ1n) is 21.5. The lowest BCUT2D eigenvalue weighted by atomic mass is 9.98. The summed E-state index contributed by atoms with van der Waals surface area (Å²) >= 11 is 0. The van der Waals surface area contributed by atoms with Crippen LogP contribution in [0.1, 0.15) is 11.0 Å². The molecule has 0 heterocycles. The molecule has 0 bridgehead atoms. The topological polar surface area (TPSA) is 3.24 Å². The lowest BCUT2D eigenvalue weighted by Crippen LogP contribution is -2.10. The Morgan fingerprint density at radius 2 is 0.774 bits per heavy atom. The molecule has 0 aliphatic carbocycles. The normalized spacial score (nSPS) is 13.1. The summed E-state index contributed by atoms with van der Waals surface area (Å²) in [5, 5.41) is 1.83. The molecule has 0 aliphatic rings. The quantitative estimate of drug-likeness (QED) is 0.154. The van der Waals surface area contributed by atoms with Gasteiger partial charge in [0.25, 0.3) is 0 Å². The van der Waals surface area contributed by atoms with E-state index in [2.05, 4.69) is 24.3 Å². The van der Waals surface area contributed by atoms with E-state index in [1.165, 1.54) is 4.90 Å². The zero-order valence-corrected chi connectivity index (χ0v) is 28.7. The van der Waals surface area contributed by atoms with Gasteiger partial charge in [0.15, 0.2) is 0 Å². The van der Waals surface area contributed by atoms with Crippen molar-refractivity contribution in [3.63, 3.8) is 0 Å². The van der Waals surface area contributed by atoms with E-state index in [0.29, 0.717) is 16.8 Å². The predicted molar refractivity (Wildman–Crippen MR) is 226 cm³/mol. The summed E-state index contributed by atoms with van der Waals surface area (Å²) in [4.78, 5) is 1.39. The summed E-state index contributed by atoms with van der Waals surface area (Å²) in [5.41, 5.74) is 7.06. The van der Waals surface area contributed by atoms with Crippen LogP contribution in [0.4, 0.5) is 17.1 Å². The van der Waals surface area contributed by atoms with Gasteiger partial charge in [-0.15, -0.1) is 0 Å². The predicted octanol–water partition coefficient (Wildman–Crippen LogP) is 14.6. The van der Waals surface area contributed by atoms with Gasteiger partial charge in [-0.25, -0.2) is 0 Å². The number of hydrogen-bond acceptors (Lipinski definition) is 1. The van der Waals surface area contributed by atoms with E-state index in [0.717, 1.165) is 44.2 Å². The molecule has 0 unspecified atom stereocenters. The highest BCUT2D eigenvalue weighted by Crippen LogP contribution is 2.39. The van der Waals surface area contributed by atoms with Gasteiger partial charge in [0, 0.05) is 17.1 Å². The fraction of sp³-hybridized carbons (Fsp3) is 0. The minimum absolute atomic E-state index is 0.113. The van der Waals surface area contributed by atoms with Gasteiger partial charge in [-0.3, -0.25) is 0 Å². The Labute approximate surface area is 323 Å². The Bertz CT molecular complexity index is 3070. The Kier molecular flexibility index (Phi) is 6.57. The Hall–Kier alpha value is -6.96. The summed E-state index contributed by atoms with van der Waals surface area (Å²) in [5.74, 6) is 0. The summed E-state index contributed by atoms with van der Waals surface area (Å²) in [6.07, 6.45) is 0. The fourth-order valence-corrected chi connectivity index (χ4v) is 6.64. The van der Waals surface area contributed by atoms with E-state index >= 15 is 0 Å². The van der Waals surface area contributed by atoms with Crippen molar-refractivity contribution >= 4 is 27.8 Å². The van der Waals surface area contributed by atoms with E-state index < -0.39 is 12.1 Å². The van der Waals surface area contributed by atoms with Gasteiger partial charge in [0.2, 0.25) is 0 Å². The maximum absolute atomic E-state index is 9.72. The first-order valence-corrected chi connectivity index (χ1v) is 17.5.